The van der Waals surface area contributed by atoms with Crippen LogP contribution in [0.1, 0.15) is 26.4 Å². The Morgan fingerprint density at radius 1 is 1.20 bits per heavy atom. The van der Waals surface area contributed by atoms with Crippen molar-refractivity contribution in [1.29, 1.82) is 0 Å². The highest BCUT2D eigenvalue weighted by Crippen LogP contribution is 2.01. The topological polar surface area (TPSA) is 89.4 Å². The molecular weight excluding hydrogens is 260 g/mol. The van der Waals surface area contributed by atoms with Gasteiger partial charge in [0.2, 0.25) is 0 Å². The summed E-state index contributed by atoms with van der Waals surface area (Å²) in [4.78, 5) is 28.7. The number of esters is 1. The molecule has 0 spiro atoms. The second-order valence-electron chi connectivity index (χ2n) is 3.67. The molecule has 20 heavy (non-hydrogen) atoms. The molecule has 0 saturated carbocycles. The summed E-state index contributed by atoms with van der Waals surface area (Å²) in [6.07, 6.45) is 4.64. The number of nitrogens with zero attached hydrogens (tertiary/aromatic N) is 2. The van der Waals surface area contributed by atoms with Crippen molar-refractivity contribution in [2.24, 2.45) is 0 Å². The molecule has 6 nitrogen and oxygen atoms in total. The maximum absolute atomic E-state index is 10.8. The van der Waals surface area contributed by atoms with Crippen LogP contribution in [0, 0.1) is 6.92 Å². The van der Waals surface area contributed by atoms with Gasteiger partial charge in [-0.15, -0.1) is 0 Å². The molecule has 0 fully saturated rings. The Bertz CT molecular complexity index is 585. The van der Waals surface area contributed by atoms with Crippen LogP contribution in [0.25, 0.3) is 0 Å². The van der Waals surface area contributed by atoms with E-state index in [0.29, 0.717) is 11.3 Å². The quantitative estimate of drug-likeness (QED) is 0.842. The minimum absolute atomic E-state index is 0.266. The first-order valence-corrected chi connectivity index (χ1v) is 5.69. The van der Waals surface area contributed by atoms with Gasteiger partial charge in [0, 0.05) is 18.6 Å². The predicted octanol–water partition coefficient (Wildman–Crippen LogP) is 1.96. The van der Waals surface area contributed by atoms with E-state index in [9.17, 15) is 9.59 Å². The Morgan fingerprint density at radius 3 is 2.35 bits per heavy atom. The van der Waals surface area contributed by atoms with Crippen molar-refractivity contribution in [2.75, 3.05) is 7.11 Å². The first-order valence-electron chi connectivity index (χ1n) is 5.69. The summed E-state index contributed by atoms with van der Waals surface area (Å²) in [6.45, 7) is 1.67. The molecule has 0 aliphatic rings. The number of methoxy groups -OCH3 is 1. The molecule has 0 radical (unpaired) electrons. The zero-order chi connectivity index (χ0) is 15.0. The van der Waals surface area contributed by atoms with E-state index >= 15 is 0 Å². The fourth-order valence-electron chi connectivity index (χ4n) is 1.31. The minimum atomic E-state index is -0.925. The molecule has 104 valence electrons. The molecule has 2 aromatic heterocycles. The Morgan fingerprint density at radius 2 is 1.90 bits per heavy atom. The third kappa shape index (κ3) is 4.49. The number of pyridine rings is 2. The van der Waals surface area contributed by atoms with Crippen LogP contribution in [0.2, 0.25) is 0 Å². The van der Waals surface area contributed by atoms with E-state index in [0.717, 1.165) is 0 Å². The Balaban J connectivity index is 0.000000200. The molecule has 0 unspecified atom stereocenters. The Labute approximate surface area is 116 Å². The normalized spacial score (nSPS) is 9.10. The number of aromatic nitrogens is 2. The lowest BCUT2D eigenvalue weighted by Gasteiger charge is -1.95. The molecule has 6 heteroatoms. The smallest absolute Gasteiger partial charge is 0.339 e. The summed E-state index contributed by atoms with van der Waals surface area (Å²) >= 11 is 0. The first kappa shape index (κ1) is 15.3. The van der Waals surface area contributed by atoms with E-state index in [1.807, 2.05) is 0 Å². The molecule has 0 bridgehead atoms. The van der Waals surface area contributed by atoms with Crippen LogP contribution in [0.5, 0.6) is 0 Å². The highest BCUT2D eigenvalue weighted by atomic mass is 16.5. The minimum Gasteiger partial charge on any atom is -0.478 e. The van der Waals surface area contributed by atoms with Crippen molar-refractivity contribution in [2.45, 2.75) is 6.92 Å². The zero-order valence-corrected chi connectivity index (χ0v) is 11.1. The number of carbonyl (C=O) groups excluding carboxylic acids is 1. The van der Waals surface area contributed by atoms with Gasteiger partial charge in [-0.05, 0) is 31.2 Å². The molecule has 0 atom stereocenters. The van der Waals surface area contributed by atoms with Crippen LogP contribution >= 0.6 is 0 Å². The lowest BCUT2D eigenvalue weighted by Crippen LogP contribution is -2.00. The van der Waals surface area contributed by atoms with E-state index < -0.39 is 5.97 Å². The molecule has 0 aromatic carbocycles. The van der Waals surface area contributed by atoms with Gasteiger partial charge >= 0.3 is 11.9 Å². The standard InChI is InChI=1S/2C7H7NO2/c1-10-7(9)6-3-2-4-8-5-6;1-5-6(7(9)10)3-2-4-8-5/h2-5H,1H3;2-4H,1H3,(H,9,10). The number of ether oxygens (including phenoxy) is 1. The number of aryl methyl sites for hydroxylation is 1. The number of hydrogen-bond acceptors (Lipinski definition) is 5. The second-order valence-corrected chi connectivity index (χ2v) is 3.67. The summed E-state index contributed by atoms with van der Waals surface area (Å²) in [5.41, 5.74) is 1.29. The van der Waals surface area contributed by atoms with E-state index in [1.54, 1.807) is 37.5 Å². The van der Waals surface area contributed by atoms with Crippen LogP contribution in [0.4, 0.5) is 0 Å². The van der Waals surface area contributed by atoms with Gasteiger partial charge < -0.3 is 9.84 Å². The van der Waals surface area contributed by atoms with Crippen molar-refractivity contribution >= 4 is 11.9 Å². The largest absolute Gasteiger partial charge is 0.478 e. The third-order valence-corrected chi connectivity index (χ3v) is 2.32. The van der Waals surface area contributed by atoms with Crippen molar-refractivity contribution in [1.82, 2.24) is 9.97 Å². The average molecular weight is 274 g/mol. The monoisotopic (exact) mass is 274 g/mol. The van der Waals surface area contributed by atoms with E-state index in [2.05, 4.69) is 14.7 Å². The summed E-state index contributed by atoms with van der Waals surface area (Å²) in [5.74, 6) is -1.28. The van der Waals surface area contributed by atoms with Crippen LogP contribution in [-0.4, -0.2) is 34.1 Å². The predicted molar refractivity (Wildman–Crippen MR) is 71.5 cm³/mol. The fraction of sp³-hybridized carbons (Fsp3) is 0.143. The molecule has 0 amide bonds. The summed E-state index contributed by atoms with van der Waals surface area (Å²) in [6, 6.07) is 6.48. The van der Waals surface area contributed by atoms with Gasteiger partial charge in [0.25, 0.3) is 0 Å². The second kappa shape index (κ2) is 7.63. The van der Waals surface area contributed by atoms with Gasteiger partial charge in [-0.2, -0.15) is 0 Å². The number of carboxylic acid groups (broad SMARTS) is 1. The van der Waals surface area contributed by atoms with Crippen molar-refractivity contribution in [3.63, 3.8) is 0 Å². The number of carboxylic acids is 1. The third-order valence-electron chi connectivity index (χ3n) is 2.32. The lowest BCUT2D eigenvalue weighted by molar-refractivity contribution is 0.0599. The highest BCUT2D eigenvalue weighted by molar-refractivity contribution is 5.89. The first-order chi connectivity index (χ1) is 9.56. The Hall–Kier alpha value is -2.76. The molecule has 2 heterocycles. The van der Waals surface area contributed by atoms with E-state index in [1.165, 1.54) is 19.4 Å². The van der Waals surface area contributed by atoms with Crippen molar-refractivity contribution < 1.29 is 19.4 Å². The van der Waals surface area contributed by atoms with Crippen LogP contribution in [0.3, 0.4) is 0 Å². The molecule has 0 aliphatic heterocycles. The SMILES string of the molecule is COC(=O)c1cccnc1.Cc1ncccc1C(=O)O. The zero-order valence-electron chi connectivity index (χ0n) is 11.1. The van der Waals surface area contributed by atoms with Crippen LogP contribution in [0.15, 0.2) is 42.9 Å². The maximum atomic E-state index is 10.8. The van der Waals surface area contributed by atoms with Crippen molar-refractivity contribution in [3.8, 4) is 0 Å². The molecule has 2 rings (SSSR count). The highest BCUT2D eigenvalue weighted by Gasteiger charge is 2.04. The van der Waals surface area contributed by atoms with E-state index in [4.69, 9.17) is 5.11 Å². The summed E-state index contributed by atoms with van der Waals surface area (Å²) in [7, 11) is 1.34. The maximum Gasteiger partial charge on any atom is 0.339 e. The summed E-state index contributed by atoms with van der Waals surface area (Å²) in [5, 5.41) is 8.53. The molecule has 2 aromatic rings. The fourth-order valence-corrected chi connectivity index (χ4v) is 1.31. The lowest BCUT2D eigenvalue weighted by atomic mass is 10.2. The molecular formula is C14H14N2O4. The van der Waals surface area contributed by atoms with Gasteiger partial charge in [-0.1, -0.05) is 0 Å². The van der Waals surface area contributed by atoms with Crippen LogP contribution < -0.4 is 0 Å². The van der Waals surface area contributed by atoms with Gasteiger partial charge in [-0.25, -0.2) is 9.59 Å². The molecule has 0 aliphatic carbocycles. The Kier molecular flexibility index (Phi) is 5.83. The van der Waals surface area contributed by atoms with Gasteiger partial charge in [0.1, 0.15) is 0 Å². The average Bonchev–Trinajstić information content (AvgIpc) is 2.48. The number of aromatic carboxylic acids is 1. The van der Waals surface area contributed by atoms with Crippen LogP contribution in [-0.2, 0) is 4.74 Å². The van der Waals surface area contributed by atoms with Gasteiger partial charge in [-0.3, -0.25) is 9.97 Å². The summed E-state index contributed by atoms with van der Waals surface area (Å²) < 4.78 is 4.46. The molecule has 0 saturated heterocycles. The van der Waals surface area contributed by atoms with Gasteiger partial charge in [0.05, 0.1) is 23.9 Å². The van der Waals surface area contributed by atoms with Gasteiger partial charge in [0.15, 0.2) is 0 Å². The van der Waals surface area contributed by atoms with Crippen molar-refractivity contribution in [3.05, 3.63) is 59.7 Å². The number of rotatable bonds is 2. The molecule has 1 N–H and O–H groups in total. The number of carbonyl (C=O) groups is 2. The number of hydrogen-bond donors (Lipinski definition) is 1. The van der Waals surface area contributed by atoms with E-state index in [-0.39, 0.29) is 11.5 Å².